The van der Waals surface area contributed by atoms with Crippen LogP contribution in [0.15, 0.2) is 24.3 Å². The lowest BCUT2D eigenvalue weighted by molar-refractivity contribution is -0.184. The highest BCUT2D eigenvalue weighted by Gasteiger charge is 2.49. The van der Waals surface area contributed by atoms with E-state index in [9.17, 15) is 9.67 Å². The van der Waals surface area contributed by atoms with Gasteiger partial charge in [0.25, 0.3) is 0 Å². The van der Waals surface area contributed by atoms with Crippen molar-refractivity contribution >= 4 is 7.82 Å². The topological polar surface area (TPSA) is 104 Å². The van der Waals surface area contributed by atoms with Crippen LogP contribution in [-0.4, -0.2) is 48.0 Å². The molecule has 1 heterocycles. The van der Waals surface area contributed by atoms with Gasteiger partial charge in [0.05, 0.1) is 25.4 Å². The summed E-state index contributed by atoms with van der Waals surface area (Å²) in [6, 6.07) is 7.01. The molecule has 1 fully saturated rings. The van der Waals surface area contributed by atoms with Crippen molar-refractivity contribution < 1.29 is 37.8 Å². The van der Waals surface area contributed by atoms with Crippen LogP contribution in [0.5, 0.6) is 0 Å². The van der Waals surface area contributed by atoms with Gasteiger partial charge in [-0.3, -0.25) is 13.6 Å². The minimum absolute atomic E-state index is 0.0126. The molecule has 2 rings (SSSR count). The number of hydrogen-bond acceptors (Lipinski definition) is 8. The Morgan fingerprint density at radius 1 is 1.14 bits per heavy atom. The highest BCUT2D eigenvalue weighted by atomic mass is 31.2. The Morgan fingerprint density at radius 2 is 1.76 bits per heavy atom. The maximum atomic E-state index is 13.0. The molecule has 5 atom stereocenters. The first-order valence-corrected chi connectivity index (χ1v) is 11.3. The fourth-order valence-corrected chi connectivity index (χ4v) is 4.16. The molecule has 1 aliphatic heterocycles. The molecule has 1 aromatic carbocycles. The Hall–Kier alpha value is -0.830. The Morgan fingerprint density at radius 3 is 2.28 bits per heavy atom. The Kier molecular flexibility index (Phi) is 9.25. The van der Waals surface area contributed by atoms with Crippen LogP contribution in [0.25, 0.3) is 0 Å². The fourth-order valence-electron chi connectivity index (χ4n) is 3.04. The molecule has 0 radical (unpaired) electrons. The largest absolute Gasteiger partial charge is 0.475 e. The summed E-state index contributed by atoms with van der Waals surface area (Å²) in [7, 11) is -2.72. The first-order valence-electron chi connectivity index (χ1n) is 9.83. The van der Waals surface area contributed by atoms with Gasteiger partial charge < -0.3 is 19.7 Å². The maximum Gasteiger partial charge on any atom is 0.475 e. The van der Waals surface area contributed by atoms with Gasteiger partial charge in [0.2, 0.25) is 0 Å². The lowest BCUT2D eigenvalue weighted by Gasteiger charge is -2.25. The molecule has 0 aromatic heterocycles. The van der Waals surface area contributed by atoms with Crippen LogP contribution < -0.4 is 0 Å². The maximum absolute atomic E-state index is 13.0. The van der Waals surface area contributed by atoms with Gasteiger partial charge in [0, 0.05) is 7.11 Å². The average Bonchev–Trinajstić information content (AvgIpc) is 2.94. The zero-order chi connectivity index (χ0) is 21.6. The van der Waals surface area contributed by atoms with E-state index in [-0.39, 0.29) is 25.2 Å². The SMILES string of the molecule is COP(=O)(OCc1ccc(CO)cc1)O[C@@H]1[C@@H](CC(C)C)OC(OC(C)C)[C@@H]1O. The summed E-state index contributed by atoms with van der Waals surface area (Å²) in [4.78, 5) is 0. The lowest BCUT2D eigenvalue weighted by atomic mass is 10.0. The molecule has 0 amide bonds. The summed E-state index contributed by atoms with van der Waals surface area (Å²) in [5.74, 6) is 0.268. The highest BCUT2D eigenvalue weighted by molar-refractivity contribution is 7.48. The van der Waals surface area contributed by atoms with E-state index in [4.69, 9.17) is 28.2 Å². The highest BCUT2D eigenvalue weighted by Crippen LogP contribution is 2.52. The average molecular weight is 432 g/mol. The number of phosphoric acid groups is 1. The Bertz CT molecular complexity index is 663. The van der Waals surface area contributed by atoms with Crippen molar-refractivity contribution in [3.63, 3.8) is 0 Å². The minimum atomic E-state index is -3.96. The molecule has 1 aliphatic rings. The van der Waals surface area contributed by atoms with Crippen molar-refractivity contribution in [3.8, 4) is 0 Å². The minimum Gasteiger partial charge on any atom is -0.392 e. The third kappa shape index (κ3) is 7.12. The molecule has 9 heteroatoms. The van der Waals surface area contributed by atoms with E-state index in [2.05, 4.69) is 0 Å². The summed E-state index contributed by atoms with van der Waals surface area (Å²) in [5, 5.41) is 19.8. The first-order chi connectivity index (χ1) is 13.7. The molecule has 8 nitrogen and oxygen atoms in total. The predicted octanol–water partition coefficient (Wildman–Crippen LogP) is 3.39. The third-order valence-electron chi connectivity index (χ3n) is 4.47. The molecule has 2 N–H and O–H groups in total. The normalized spacial score (nSPS) is 26.9. The number of aliphatic hydroxyl groups is 2. The molecular weight excluding hydrogens is 399 g/mol. The molecule has 1 aromatic rings. The van der Waals surface area contributed by atoms with Crippen LogP contribution in [0.3, 0.4) is 0 Å². The van der Waals surface area contributed by atoms with Crippen molar-refractivity contribution in [1.29, 1.82) is 0 Å². The number of rotatable bonds is 11. The van der Waals surface area contributed by atoms with Gasteiger partial charge in [-0.1, -0.05) is 38.1 Å². The first kappa shape index (κ1) is 24.4. The molecule has 0 aliphatic carbocycles. The van der Waals surface area contributed by atoms with E-state index in [1.165, 1.54) is 7.11 Å². The Labute approximate surface area is 172 Å². The summed E-state index contributed by atoms with van der Waals surface area (Å²) >= 11 is 0. The van der Waals surface area contributed by atoms with Crippen LogP contribution in [0.4, 0.5) is 0 Å². The number of benzene rings is 1. The summed E-state index contributed by atoms with van der Waals surface area (Å²) in [6.07, 6.45) is -2.99. The second-order valence-electron chi connectivity index (χ2n) is 7.80. The van der Waals surface area contributed by atoms with Crippen LogP contribution in [-0.2, 0) is 40.8 Å². The van der Waals surface area contributed by atoms with E-state index >= 15 is 0 Å². The van der Waals surface area contributed by atoms with Gasteiger partial charge >= 0.3 is 7.82 Å². The molecule has 29 heavy (non-hydrogen) atoms. The fraction of sp³-hybridized carbons (Fsp3) is 0.700. The summed E-state index contributed by atoms with van der Waals surface area (Å²) in [6.45, 7) is 7.65. The van der Waals surface area contributed by atoms with Crippen molar-refractivity contribution in [2.75, 3.05) is 7.11 Å². The number of phosphoric ester groups is 1. The van der Waals surface area contributed by atoms with E-state index in [1.807, 2.05) is 27.7 Å². The van der Waals surface area contributed by atoms with Crippen LogP contribution in [0.1, 0.15) is 45.2 Å². The van der Waals surface area contributed by atoms with E-state index in [0.29, 0.717) is 6.42 Å². The van der Waals surface area contributed by atoms with Gasteiger partial charge in [-0.25, -0.2) is 4.57 Å². The van der Waals surface area contributed by atoms with Gasteiger partial charge in [0.15, 0.2) is 6.29 Å². The second kappa shape index (κ2) is 11.0. The molecule has 0 bridgehead atoms. The van der Waals surface area contributed by atoms with Crippen molar-refractivity contribution in [2.24, 2.45) is 5.92 Å². The van der Waals surface area contributed by atoms with E-state index in [1.54, 1.807) is 24.3 Å². The van der Waals surface area contributed by atoms with E-state index in [0.717, 1.165) is 11.1 Å². The molecule has 0 saturated carbocycles. The number of ether oxygens (including phenoxy) is 2. The molecule has 1 saturated heterocycles. The zero-order valence-electron chi connectivity index (χ0n) is 17.7. The molecule has 2 unspecified atom stereocenters. The molecule has 166 valence electrons. The van der Waals surface area contributed by atoms with Crippen LogP contribution >= 0.6 is 7.82 Å². The molecular formula is C20H33O8P. The second-order valence-corrected chi connectivity index (χ2v) is 9.52. The summed E-state index contributed by atoms with van der Waals surface area (Å²) in [5.41, 5.74) is 1.50. The summed E-state index contributed by atoms with van der Waals surface area (Å²) < 4.78 is 40.7. The van der Waals surface area contributed by atoms with Gasteiger partial charge in [-0.05, 0) is 37.3 Å². The van der Waals surface area contributed by atoms with E-state index < -0.39 is 32.4 Å². The monoisotopic (exact) mass is 432 g/mol. The third-order valence-corrected chi connectivity index (χ3v) is 5.86. The van der Waals surface area contributed by atoms with Crippen molar-refractivity contribution in [1.82, 2.24) is 0 Å². The van der Waals surface area contributed by atoms with Gasteiger partial charge in [-0.15, -0.1) is 0 Å². The van der Waals surface area contributed by atoms with Crippen LogP contribution in [0.2, 0.25) is 0 Å². The van der Waals surface area contributed by atoms with Gasteiger partial charge in [0.1, 0.15) is 12.2 Å². The van der Waals surface area contributed by atoms with Crippen molar-refractivity contribution in [3.05, 3.63) is 35.4 Å². The lowest BCUT2D eigenvalue weighted by Crippen LogP contribution is -2.36. The number of hydrogen-bond donors (Lipinski definition) is 2. The standard InChI is InChI=1S/C20H33O8P/c1-13(2)10-17-19(18(22)20(27-17)26-14(3)4)28-29(23,24-5)25-12-16-8-6-15(11-21)7-9-16/h6-9,13-14,17-22H,10-12H2,1-5H3/t17-,18-,19-,20?,29?/m1/s1. The van der Waals surface area contributed by atoms with Gasteiger partial charge in [-0.2, -0.15) is 0 Å². The van der Waals surface area contributed by atoms with Crippen molar-refractivity contribution in [2.45, 2.75) is 78.0 Å². The Balaban J connectivity index is 2.08. The van der Waals surface area contributed by atoms with Crippen LogP contribution in [0, 0.1) is 5.92 Å². The molecule has 0 spiro atoms. The zero-order valence-corrected chi connectivity index (χ0v) is 18.6. The quantitative estimate of drug-likeness (QED) is 0.513. The predicted molar refractivity (Wildman–Crippen MR) is 107 cm³/mol. The smallest absolute Gasteiger partial charge is 0.392 e. The number of aliphatic hydroxyl groups excluding tert-OH is 2.